The van der Waals surface area contributed by atoms with E-state index in [2.05, 4.69) is 20.5 Å². The molecule has 0 fully saturated rings. The number of nitrogens with zero attached hydrogens (tertiary/aromatic N) is 3. The van der Waals surface area contributed by atoms with E-state index in [1.165, 1.54) is 0 Å². The van der Waals surface area contributed by atoms with Gasteiger partial charge < -0.3 is 10.3 Å². The standard InChI is InChI=1S/C10H16N4/c11-3-1-2-5-13-7-8-14-6-4-12-10(14)9-13/h1-2,4,6H,3,5,7-9,11H2. The van der Waals surface area contributed by atoms with Gasteiger partial charge in [0.15, 0.2) is 0 Å². The molecule has 0 spiro atoms. The molecule has 1 aromatic heterocycles. The fourth-order valence-electron chi connectivity index (χ4n) is 1.70. The summed E-state index contributed by atoms with van der Waals surface area (Å²) in [5.41, 5.74) is 5.38. The summed E-state index contributed by atoms with van der Waals surface area (Å²) >= 11 is 0. The average molecular weight is 192 g/mol. The maximum atomic E-state index is 5.38. The van der Waals surface area contributed by atoms with Crippen molar-refractivity contribution in [2.75, 3.05) is 19.6 Å². The Balaban J connectivity index is 1.91. The maximum absolute atomic E-state index is 5.38. The Hall–Kier alpha value is -1.13. The molecule has 0 saturated carbocycles. The number of rotatable bonds is 3. The van der Waals surface area contributed by atoms with E-state index in [0.717, 1.165) is 32.0 Å². The Morgan fingerprint density at radius 2 is 2.36 bits per heavy atom. The summed E-state index contributed by atoms with van der Waals surface area (Å²) in [6, 6.07) is 0. The van der Waals surface area contributed by atoms with Gasteiger partial charge in [-0.25, -0.2) is 4.98 Å². The van der Waals surface area contributed by atoms with Gasteiger partial charge in [0, 0.05) is 38.6 Å². The van der Waals surface area contributed by atoms with Crippen LogP contribution in [0.4, 0.5) is 0 Å². The summed E-state index contributed by atoms with van der Waals surface area (Å²) in [6.45, 7) is 4.69. The van der Waals surface area contributed by atoms with Crippen LogP contribution in [0.5, 0.6) is 0 Å². The van der Waals surface area contributed by atoms with Crippen LogP contribution in [0.25, 0.3) is 0 Å². The molecule has 0 aromatic carbocycles. The molecule has 76 valence electrons. The Kier molecular flexibility index (Phi) is 2.96. The van der Waals surface area contributed by atoms with Crippen LogP contribution in [-0.2, 0) is 13.1 Å². The quantitative estimate of drug-likeness (QED) is 0.697. The normalized spacial score (nSPS) is 17.5. The first-order valence-corrected chi connectivity index (χ1v) is 4.97. The average Bonchev–Trinajstić information content (AvgIpc) is 2.65. The van der Waals surface area contributed by atoms with Crippen molar-refractivity contribution in [3.8, 4) is 0 Å². The molecule has 0 atom stereocenters. The van der Waals surface area contributed by atoms with Crippen molar-refractivity contribution >= 4 is 0 Å². The minimum Gasteiger partial charge on any atom is -0.333 e. The van der Waals surface area contributed by atoms with Gasteiger partial charge in [0.2, 0.25) is 0 Å². The maximum Gasteiger partial charge on any atom is 0.122 e. The minimum atomic E-state index is 0.627. The summed E-state index contributed by atoms with van der Waals surface area (Å²) in [5, 5.41) is 0. The molecule has 0 saturated heterocycles. The van der Waals surface area contributed by atoms with Crippen molar-refractivity contribution in [2.45, 2.75) is 13.1 Å². The number of imidazole rings is 1. The molecule has 1 aromatic rings. The van der Waals surface area contributed by atoms with Crippen LogP contribution >= 0.6 is 0 Å². The van der Waals surface area contributed by atoms with Crippen molar-refractivity contribution < 1.29 is 0 Å². The van der Waals surface area contributed by atoms with E-state index < -0.39 is 0 Å². The van der Waals surface area contributed by atoms with Gasteiger partial charge in [-0.1, -0.05) is 12.2 Å². The number of nitrogens with two attached hydrogens (primary N) is 1. The monoisotopic (exact) mass is 192 g/mol. The van der Waals surface area contributed by atoms with Crippen LogP contribution in [0.15, 0.2) is 24.5 Å². The lowest BCUT2D eigenvalue weighted by Crippen LogP contribution is -2.33. The summed E-state index contributed by atoms with van der Waals surface area (Å²) in [6.07, 6.45) is 8.04. The van der Waals surface area contributed by atoms with Gasteiger partial charge in [-0.15, -0.1) is 0 Å². The topological polar surface area (TPSA) is 47.1 Å². The van der Waals surface area contributed by atoms with E-state index in [0.29, 0.717) is 6.54 Å². The molecule has 1 aliphatic heterocycles. The lowest BCUT2D eigenvalue weighted by atomic mass is 10.3. The highest BCUT2D eigenvalue weighted by atomic mass is 15.2. The fourth-order valence-corrected chi connectivity index (χ4v) is 1.70. The largest absolute Gasteiger partial charge is 0.333 e. The van der Waals surface area contributed by atoms with Crippen LogP contribution in [0.2, 0.25) is 0 Å². The van der Waals surface area contributed by atoms with Crippen LogP contribution in [0.3, 0.4) is 0 Å². The van der Waals surface area contributed by atoms with Crippen molar-refractivity contribution in [1.29, 1.82) is 0 Å². The third-order valence-corrected chi connectivity index (χ3v) is 2.49. The highest BCUT2D eigenvalue weighted by Crippen LogP contribution is 2.09. The molecule has 0 radical (unpaired) electrons. The minimum absolute atomic E-state index is 0.627. The van der Waals surface area contributed by atoms with E-state index in [-0.39, 0.29) is 0 Å². The zero-order valence-corrected chi connectivity index (χ0v) is 8.26. The number of hydrogen-bond acceptors (Lipinski definition) is 3. The first-order valence-electron chi connectivity index (χ1n) is 4.97. The lowest BCUT2D eigenvalue weighted by Gasteiger charge is -2.26. The molecule has 2 N–H and O–H groups in total. The van der Waals surface area contributed by atoms with Crippen molar-refractivity contribution in [3.63, 3.8) is 0 Å². The SMILES string of the molecule is NCC=CCN1CCn2ccnc2C1. The lowest BCUT2D eigenvalue weighted by molar-refractivity contribution is 0.239. The van der Waals surface area contributed by atoms with Crippen LogP contribution in [-0.4, -0.2) is 34.1 Å². The number of fused-ring (bicyclic) bond motifs is 1. The second-order valence-corrected chi connectivity index (χ2v) is 3.48. The second-order valence-electron chi connectivity index (χ2n) is 3.48. The molecule has 4 nitrogen and oxygen atoms in total. The molecule has 1 aliphatic rings. The molecule has 2 heterocycles. The van der Waals surface area contributed by atoms with Gasteiger partial charge in [0.25, 0.3) is 0 Å². The van der Waals surface area contributed by atoms with E-state index in [1.807, 2.05) is 18.5 Å². The molecule has 2 rings (SSSR count). The van der Waals surface area contributed by atoms with Crippen molar-refractivity contribution in [2.24, 2.45) is 5.73 Å². The first kappa shape index (κ1) is 9.43. The zero-order valence-electron chi connectivity index (χ0n) is 8.26. The number of hydrogen-bond donors (Lipinski definition) is 1. The summed E-state index contributed by atoms with van der Waals surface area (Å²) in [4.78, 5) is 6.68. The van der Waals surface area contributed by atoms with Gasteiger partial charge in [-0.05, 0) is 0 Å². The molecule has 0 bridgehead atoms. The molecule has 0 unspecified atom stereocenters. The summed E-state index contributed by atoms with van der Waals surface area (Å²) in [5.74, 6) is 1.16. The van der Waals surface area contributed by atoms with E-state index in [1.54, 1.807) is 0 Å². The van der Waals surface area contributed by atoms with E-state index in [4.69, 9.17) is 5.73 Å². The van der Waals surface area contributed by atoms with Crippen molar-refractivity contribution in [1.82, 2.24) is 14.5 Å². The Bertz CT molecular complexity index is 316. The van der Waals surface area contributed by atoms with E-state index in [9.17, 15) is 0 Å². The highest BCUT2D eigenvalue weighted by molar-refractivity contribution is 4.97. The van der Waals surface area contributed by atoms with Gasteiger partial charge in [0.05, 0.1) is 6.54 Å². The predicted octanol–water partition coefficient (Wildman–Crippen LogP) is 0.214. The van der Waals surface area contributed by atoms with Crippen molar-refractivity contribution in [3.05, 3.63) is 30.4 Å². The smallest absolute Gasteiger partial charge is 0.122 e. The highest BCUT2D eigenvalue weighted by Gasteiger charge is 2.14. The third-order valence-electron chi connectivity index (χ3n) is 2.49. The van der Waals surface area contributed by atoms with Gasteiger partial charge in [-0.2, -0.15) is 0 Å². The zero-order chi connectivity index (χ0) is 9.80. The Morgan fingerprint density at radius 3 is 3.21 bits per heavy atom. The molecule has 14 heavy (non-hydrogen) atoms. The molecular weight excluding hydrogens is 176 g/mol. The summed E-state index contributed by atoms with van der Waals surface area (Å²) in [7, 11) is 0. The second kappa shape index (κ2) is 4.39. The van der Waals surface area contributed by atoms with Gasteiger partial charge in [-0.3, -0.25) is 4.90 Å². The van der Waals surface area contributed by atoms with Gasteiger partial charge in [0.1, 0.15) is 5.82 Å². The Morgan fingerprint density at radius 1 is 1.43 bits per heavy atom. The van der Waals surface area contributed by atoms with Gasteiger partial charge >= 0.3 is 0 Å². The predicted molar refractivity (Wildman–Crippen MR) is 55.7 cm³/mol. The third kappa shape index (κ3) is 2.02. The molecular formula is C10H16N4. The fraction of sp³-hybridized carbons (Fsp3) is 0.500. The van der Waals surface area contributed by atoms with Crippen LogP contribution in [0.1, 0.15) is 5.82 Å². The molecule has 0 aliphatic carbocycles. The van der Waals surface area contributed by atoms with Crippen LogP contribution in [0, 0.1) is 0 Å². The first-order chi connectivity index (χ1) is 6.90. The van der Waals surface area contributed by atoms with Crippen LogP contribution < -0.4 is 5.73 Å². The number of aromatic nitrogens is 2. The molecule has 0 amide bonds. The summed E-state index contributed by atoms with van der Waals surface area (Å²) < 4.78 is 2.21. The van der Waals surface area contributed by atoms with E-state index >= 15 is 0 Å². The Labute approximate surface area is 84.0 Å². The molecule has 4 heteroatoms.